The number of hydrogen-bond donors (Lipinski definition) is 2. The first-order chi connectivity index (χ1) is 16.0. The van der Waals surface area contributed by atoms with E-state index in [0.717, 1.165) is 48.1 Å². The molecule has 1 aliphatic rings. The number of aromatic nitrogens is 2. The van der Waals surface area contributed by atoms with Gasteiger partial charge in [-0.25, -0.2) is 0 Å². The lowest BCUT2D eigenvalue weighted by Crippen LogP contribution is -2.30. The Labute approximate surface area is 199 Å². The van der Waals surface area contributed by atoms with Gasteiger partial charge in [0.1, 0.15) is 22.9 Å². The average Bonchev–Trinajstić information content (AvgIpc) is 3.34. The van der Waals surface area contributed by atoms with Gasteiger partial charge in [-0.15, -0.1) is 0 Å². The van der Waals surface area contributed by atoms with Gasteiger partial charge in [0.2, 0.25) is 0 Å². The number of carbonyl (C=O) groups excluding carboxylic acids is 1. The van der Waals surface area contributed by atoms with Gasteiger partial charge in [-0.2, -0.15) is 5.10 Å². The normalized spacial score (nSPS) is 15.2. The lowest BCUT2D eigenvalue weighted by Gasteiger charge is -2.26. The number of halogens is 1. The molecule has 2 aromatic carbocycles. The topological polar surface area (TPSA) is 78.5 Å². The summed E-state index contributed by atoms with van der Waals surface area (Å²) in [6, 6.07) is 10.9. The van der Waals surface area contributed by atoms with Crippen molar-refractivity contribution in [2.24, 2.45) is 0 Å². The number of H-pyrrole nitrogens is 1. The lowest BCUT2D eigenvalue weighted by atomic mass is 9.95. The number of nitrogens with one attached hydrogen (secondary N) is 1. The predicted octanol–water partition coefficient (Wildman–Crippen LogP) is 6.27. The standard InChI is InChI=1S/C26H30ClN3O3/c1-4-6-11-30-25(17-9-8-10-18(14-17)33-12-7-5-2)22-23(28-29-24(22)26(30)32)19-15-20(27)16(3)13-21(19)31/h8-10,13-15,25,31H,4-7,11-12H2,1-3H3,(H,28,29). The van der Waals surface area contributed by atoms with Crippen LogP contribution in [0.25, 0.3) is 11.3 Å². The fourth-order valence-electron chi connectivity index (χ4n) is 4.27. The number of carbonyl (C=O) groups is 1. The maximum absolute atomic E-state index is 13.4. The molecule has 1 amide bonds. The summed E-state index contributed by atoms with van der Waals surface area (Å²) >= 11 is 6.37. The SMILES string of the molecule is CCCCOc1cccc(C2c3c(-c4cc(Cl)c(C)cc4O)n[nH]c3C(=O)N2CCCC)c1. The third-order valence-corrected chi connectivity index (χ3v) is 6.50. The quantitative estimate of drug-likeness (QED) is 0.363. The van der Waals surface area contributed by atoms with Crippen molar-refractivity contribution in [3.05, 3.63) is 63.8 Å². The molecule has 1 aromatic heterocycles. The Morgan fingerprint density at radius 3 is 2.73 bits per heavy atom. The summed E-state index contributed by atoms with van der Waals surface area (Å²) in [6.07, 6.45) is 3.91. The molecule has 4 rings (SSSR count). The number of phenolic OH excluding ortho intramolecular Hbond substituents is 1. The second-order valence-corrected chi connectivity index (χ2v) is 8.92. The van der Waals surface area contributed by atoms with Crippen LogP contribution in [-0.2, 0) is 0 Å². The lowest BCUT2D eigenvalue weighted by molar-refractivity contribution is 0.0741. The van der Waals surface area contributed by atoms with Gasteiger partial charge in [-0.3, -0.25) is 9.89 Å². The zero-order chi connectivity index (χ0) is 23.5. The average molecular weight is 468 g/mol. The Balaban J connectivity index is 1.82. The van der Waals surface area contributed by atoms with Crippen molar-refractivity contribution in [3.63, 3.8) is 0 Å². The number of aromatic amines is 1. The second-order valence-electron chi connectivity index (χ2n) is 8.51. The molecule has 7 heteroatoms. The van der Waals surface area contributed by atoms with E-state index < -0.39 is 0 Å². The second kappa shape index (κ2) is 9.87. The number of unbranched alkanes of at least 4 members (excludes halogenated alkanes) is 2. The Morgan fingerprint density at radius 1 is 1.18 bits per heavy atom. The van der Waals surface area contributed by atoms with Crippen LogP contribution in [0.4, 0.5) is 0 Å². The largest absolute Gasteiger partial charge is 0.507 e. The molecule has 0 fully saturated rings. The van der Waals surface area contributed by atoms with Crippen LogP contribution in [-0.4, -0.2) is 39.3 Å². The first-order valence-electron chi connectivity index (χ1n) is 11.6. The maximum atomic E-state index is 13.4. The van der Waals surface area contributed by atoms with Crippen LogP contribution >= 0.6 is 11.6 Å². The molecular weight excluding hydrogens is 438 g/mol. The van der Waals surface area contributed by atoms with Crippen LogP contribution < -0.4 is 4.74 Å². The van der Waals surface area contributed by atoms with E-state index in [-0.39, 0.29) is 17.7 Å². The first-order valence-corrected chi connectivity index (χ1v) is 12.0. The van der Waals surface area contributed by atoms with Gasteiger partial charge in [0, 0.05) is 22.7 Å². The van der Waals surface area contributed by atoms with Gasteiger partial charge in [-0.1, -0.05) is 50.4 Å². The molecule has 0 saturated carbocycles. The number of benzene rings is 2. The van der Waals surface area contributed by atoms with Crippen molar-refractivity contribution in [2.75, 3.05) is 13.2 Å². The zero-order valence-corrected chi connectivity index (χ0v) is 20.1. The van der Waals surface area contributed by atoms with E-state index >= 15 is 0 Å². The van der Waals surface area contributed by atoms with Crippen LogP contribution in [0, 0.1) is 6.92 Å². The fourth-order valence-corrected chi connectivity index (χ4v) is 4.44. The number of nitrogens with zero attached hydrogens (tertiary/aromatic N) is 2. The molecule has 0 bridgehead atoms. The molecule has 0 spiro atoms. The van der Waals surface area contributed by atoms with Crippen LogP contribution in [0.5, 0.6) is 11.5 Å². The molecule has 0 aliphatic carbocycles. The molecular formula is C26H30ClN3O3. The highest BCUT2D eigenvalue weighted by Gasteiger charge is 2.42. The number of fused-ring (bicyclic) bond motifs is 1. The number of hydrogen-bond acceptors (Lipinski definition) is 4. The molecule has 2 heterocycles. The van der Waals surface area contributed by atoms with Gasteiger partial charge in [0.15, 0.2) is 0 Å². The Bertz CT molecular complexity index is 1160. The Hall–Kier alpha value is -2.99. The summed E-state index contributed by atoms with van der Waals surface area (Å²) in [6.45, 7) is 7.36. The molecule has 33 heavy (non-hydrogen) atoms. The van der Waals surface area contributed by atoms with Crippen molar-refractivity contribution < 1.29 is 14.6 Å². The number of aromatic hydroxyl groups is 1. The zero-order valence-electron chi connectivity index (χ0n) is 19.3. The van der Waals surface area contributed by atoms with Crippen LogP contribution in [0.2, 0.25) is 5.02 Å². The molecule has 1 unspecified atom stereocenters. The summed E-state index contributed by atoms with van der Waals surface area (Å²) in [5.74, 6) is 0.779. The van der Waals surface area contributed by atoms with Crippen LogP contribution in [0.1, 0.15) is 72.8 Å². The monoisotopic (exact) mass is 467 g/mol. The van der Waals surface area contributed by atoms with Crippen LogP contribution in [0.15, 0.2) is 36.4 Å². The highest BCUT2D eigenvalue weighted by molar-refractivity contribution is 6.31. The minimum absolute atomic E-state index is 0.0843. The van der Waals surface area contributed by atoms with Crippen molar-refractivity contribution in [1.82, 2.24) is 15.1 Å². The van der Waals surface area contributed by atoms with E-state index in [9.17, 15) is 9.90 Å². The first kappa shape index (κ1) is 23.2. The summed E-state index contributed by atoms with van der Waals surface area (Å²) in [5, 5.41) is 18.6. The summed E-state index contributed by atoms with van der Waals surface area (Å²) in [7, 11) is 0. The minimum Gasteiger partial charge on any atom is -0.507 e. The van der Waals surface area contributed by atoms with E-state index in [2.05, 4.69) is 24.0 Å². The van der Waals surface area contributed by atoms with E-state index in [1.807, 2.05) is 36.1 Å². The van der Waals surface area contributed by atoms with Gasteiger partial charge < -0.3 is 14.7 Å². The number of aryl methyl sites for hydroxylation is 1. The van der Waals surface area contributed by atoms with Crippen molar-refractivity contribution in [2.45, 2.75) is 52.5 Å². The number of ether oxygens (including phenoxy) is 1. The molecule has 1 atom stereocenters. The van der Waals surface area contributed by atoms with E-state index in [0.29, 0.717) is 35.1 Å². The predicted molar refractivity (Wildman–Crippen MR) is 130 cm³/mol. The molecule has 3 aromatic rings. The number of phenols is 1. The maximum Gasteiger partial charge on any atom is 0.273 e. The van der Waals surface area contributed by atoms with Crippen LogP contribution in [0.3, 0.4) is 0 Å². The Morgan fingerprint density at radius 2 is 1.97 bits per heavy atom. The summed E-state index contributed by atoms with van der Waals surface area (Å²) in [4.78, 5) is 15.3. The molecule has 1 aliphatic heterocycles. The molecule has 6 nitrogen and oxygen atoms in total. The summed E-state index contributed by atoms with van der Waals surface area (Å²) < 4.78 is 5.94. The van der Waals surface area contributed by atoms with Gasteiger partial charge in [0.05, 0.1) is 12.6 Å². The van der Waals surface area contributed by atoms with Gasteiger partial charge in [0.25, 0.3) is 5.91 Å². The third kappa shape index (κ3) is 4.44. The number of rotatable bonds is 9. The molecule has 174 valence electrons. The summed E-state index contributed by atoms with van der Waals surface area (Å²) in [5.41, 5.74) is 4.00. The molecule has 0 radical (unpaired) electrons. The van der Waals surface area contributed by atoms with Gasteiger partial charge in [-0.05, 0) is 55.2 Å². The third-order valence-electron chi connectivity index (χ3n) is 6.09. The Kier molecular flexibility index (Phi) is 6.94. The highest BCUT2D eigenvalue weighted by atomic mass is 35.5. The molecule has 0 saturated heterocycles. The van der Waals surface area contributed by atoms with E-state index in [4.69, 9.17) is 16.3 Å². The van der Waals surface area contributed by atoms with Crippen molar-refractivity contribution >= 4 is 17.5 Å². The molecule has 2 N–H and O–H groups in total. The van der Waals surface area contributed by atoms with Gasteiger partial charge >= 0.3 is 0 Å². The van der Waals surface area contributed by atoms with Crippen molar-refractivity contribution in [3.8, 4) is 22.8 Å². The van der Waals surface area contributed by atoms with E-state index in [1.54, 1.807) is 12.1 Å². The fraction of sp³-hybridized carbons (Fsp3) is 0.385. The smallest absolute Gasteiger partial charge is 0.273 e. The van der Waals surface area contributed by atoms with Crippen molar-refractivity contribution in [1.29, 1.82) is 0 Å². The minimum atomic E-state index is -0.331. The number of amides is 1. The van der Waals surface area contributed by atoms with E-state index in [1.165, 1.54) is 0 Å². The highest BCUT2D eigenvalue weighted by Crippen LogP contribution is 2.45.